The maximum Gasteiger partial charge on any atom is 0.230 e. The molecule has 152 valence electrons. The van der Waals surface area contributed by atoms with Gasteiger partial charge in [0.25, 0.3) is 0 Å². The lowest BCUT2D eigenvalue weighted by atomic mass is 10.1. The molecular formula is C26H26N2OS. The molecule has 0 unspecified atom stereocenters. The van der Waals surface area contributed by atoms with Crippen LogP contribution in [0.3, 0.4) is 0 Å². The van der Waals surface area contributed by atoms with Gasteiger partial charge in [-0.15, -0.1) is 11.8 Å². The van der Waals surface area contributed by atoms with Crippen molar-refractivity contribution in [1.82, 2.24) is 9.88 Å². The number of thioether (sulfide) groups is 1. The summed E-state index contributed by atoms with van der Waals surface area (Å²) >= 11 is 1.61. The molecule has 30 heavy (non-hydrogen) atoms. The van der Waals surface area contributed by atoms with Gasteiger partial charge in [-0.25, -0.2) is 0 Å². The van der Waals surface area contributed by atoms with Crippen LogP contribution in [0.2, 0.25) is 0 Å². The van der Waals surface area contributed by atoms with Gasteiger partial charge < -0.3 is 9.88 Å². The molecule has 1 N–H and O–H groups in total. The van der Waals surface area contributed by atoms with Gasteiger partial charge in [0.15, 0.2) is 0 Å². The highest BCUT2D eigenvalue weighted by molar-refractivity contribution is 8.00. The van der Waals surface area contributed by atoms with Gasteiger partial charge in [-0.1, -0.05) is 78.4 Å². The van der Waals surface area contributed by atoms with Crippen LogP contribution < -0.4 is 5.32 Å². The summed E-state index contributed by atoms with van der Waals surface area (Å²) < 4.78 is 2.28. The summed E-state index contributed by atoms with van der Waals surface area (Å²) in [7, 11) is 0. The zero-order valence-electron chi connectivity index (χ0n) is 17.2. The number of benzene rings is 3. The van der Waals surface area contributed by atoms with Gasteiger partial charge in [0.05, 0.1) is 5.75 Å². The van der Waals surface area contributed by atoms with Gasteiger partial charge in [0.2, 0.25) is 5.91 Å². The van der Waals surface area contributed by atoms with Crippen molar-refractivity contribution in [2.45, 2.75) is 24.8 Å². The van der Waals surface area contributed by atoms with Gasteiger partial charge in [-0.2, -0.15) is 0 Å². The largest absolute Gasteiger partial charge is 0.355 e. The van der Waals surface area contributed by atoms with E-state index < -0.39 is 0 Å². The second kappa shape index (κ2) is 9.68. The van der Waals surface area contributed by atoms with Gasteiger partial charge >= 0.3 is 0 Å². The van der Waals surface area contributed by atoms with Crippen LogP contribution in [-0.4, -0.2) is 22.8 Å². The molecule has 4 heteroatoms. The lowest BCUT2D eigenvalue weighted by molar-refractivity contribution is -0.118. The molecule has 0 bridgehead atoms. The molecule has 0 radical (unpaired) electrons. The van der Waals surface area contributed by atoms with Crippen molar-refractivity contribution in [3.05, 3.63) is 102 Å². The van der Waals surface area contributed by atoms with E-state index in [0.29, 0.717) is 12.3 Å². The van der Waals surface area contributed by atoms with E-state index in [0.717, 1.165) is 17.9 Å². The number of aromatic nitrogens is 1. The Hall–Kier alpha value is -2.98. The number of fused-ring (bicyclic) bond motifs is 1. The van der Waals surface area contributed by atoms with E-state index in [9.17, 15) is 4.79 Å². The highest BCUT2D eigenvalue weighted by Crippen LogP contribution is 2.30. The number of nitrogens with one attached hydrogen (secondary N) is 1. The Morgan fingerprint density at radius 1 is 0.933 bits per heavy atom. The number of para-hydroxylation sites is 1. The monoisotopic (exact) mass is 414 g/mol. The molecule has 0 aliphatic heterocycles. The first kappa shape index (κ1) is 20.3. The molecule has 3 aromatic carbocycles. The predicted octanol–water partition coefficient (Wildman–Crippen LogP) is 5.45. The van der Waals surface area contributed by atoms with E-state index in [4.69, 9.17) is 0 Å². The third-order valence-corrected chi connectivity index (χ3v) is 6.17. The lowest BCUT2D eigenvalue weighted by Crippen LogP contribution is -2.27. The topological polar surface area (TPSA) is 34.0 Å². The van der Waals surface area contributed by atoms with Gasteiger partial charge in [-0.05, 0) is 30.5 Å². The third kappa shape index (κ3) is 5.14. The maximum atomic E-state index is 12.3. The van der Waals surface area contributed by atoms with Gasteiger partial charge in [0, 0.05) is 35.1 Å². The molecule has 1 heterocycles. The Kier molecular flexibility index (Phi) is 6.55. The van der Waals surface area contributed by atoms with Crippen LogP contribution in [0.5, 0.6) is 0 Å². The van der Waals surface area contributed by atoms with E-state index in [1.165, 1.54) is 27.6 Å². The van der Waals surface area contributed by atoms with Crippen molar-refractivity contribution < 1.29 is 4.79 Å². The SMILES string of the molecule is Cc1cccc(Cn2cc(SCC(=O)NCCc3ccccc3)c3ccccc32)c1. The molecule has 0 saturated carbocycles. The van der Waals surface area contributed by atoms with E-state index in [2.05, 4.69) is 83.7 Å². The predicted molar refractivity (Wildman–Crippen MR) is 126 cm³/mol. The molecule has 1 aromatic heterocycles. The van der Waals surface area contributed by atoms with E-state index in [1.807, 2.05) is 18.2 Å². The molecule has 0 spiro atoms. The molecule has 3 nitrogen and oxygen atoms in total. The minimum Gasteiger partial charge on any atom is -0.355 e. The average Bonchev–Trinajstić information content (AvgIpc) is 3.11. The minimum absolute atomic E-state index is 0.0754. The normalized spacial score (nSPS) is 11.0. The van der Waals surface area contributed by atoms with E-state index in [1.54, 1.807) is 11.8 Å². The minimum atomic E-state index is 0.0754. The fraction of sp³-hybridized carbons (Fsp3) is 0.192. The Balaban J connectivity index is 1.39. The zero-order chi connectivity index (χ0) is 20.8. The number of nitrogens with zero attached hydrogens (tertiary/aromatic N) is 1. The first-order valence-electron chi connectivity index (χ1n) is 10.3. The van der Waals surface area contributed by atoms with Crippen LogP contribution >= 0.6 is 11.8 Å². The Morgan fingerprint density at radius 2 is 1.70 bits per heavy atom. The fourth-order valence-corrected chi connectivity index (χ4v) is 4.57. The molecule has 1 amide bonds. The summed E-state index contributed by atoms with van der Waals surface area (Å²) in [5.74, 6) is 0.499. The number of aryl methyl sites for hydroxylation is 1. The number of carbonyl (C=O) groups excluding carboxylic acids is 1. The molecule has 0 saturated heterocycles. The number of amides is 1. The van der Waals surface area contributed by atoms with Crippen molar-refractivity contribution in [3.8, 4) is 0 Å². The fourth-order valence-electron chi connectivity index (χ4n) is 3.65. The summed E-state index contributed by atoms with van der Waals surface area (Å²) in [4.78, 5) is 13.5. The second-order valence-corrected chi connectivity index (χ2v) is 8.52. The highest BCUT2D eigenvalue weighted by atomic mass is 32.2. The van der Waals surface area contributed by atoms with Crippen molar-refractivity contribution in [3.63, 3.8) is 0 Å². The summed E-state index contributed by atoms with van der Waals surface area (Å²) in [6.45, 7) is 3.61. The zero-order valence-corrected chi connectivity index (χ0v) is 18.0. The van der Waals surface area contributed by atoms with E-state index in [-0.39, 0.29) is 5.91 Å². The van der Waals surface area contributed by atoms with Crippen LogP contribution in [0.4, 0.5) is 0 Å². The number of carbonyl (C=O) groups is 1. The molecule has 4 aromatic rings. The average molecular weight is 415 g/mol. The van der Waals surface area contributed by atoms with Crippen molar-refractivity contribution >= 4 is 28.6 Å². The van der Waals surface area contributed by atoms with Crippen LogP contribution in [0.15, 0.2) is 90.0 Å². The standard InChI is InChI=1S/C26H26N2OS/c1-20-8-7-11-22(16-20)17-28-18-25(23-12-5-6-13-24(23)28)30-19-26(29)27-15-14-21-9-3-2-4-10-21/h2-13,16,18H,14-15,17,19H2,1H3,(H,27,29). The molecule has 0 aliphatic rings. The summed E-state index contributed by atoms with van der Waals surface area (Å²) in [5, 5.41) is 4.24. The third-order valence-electron chi connectivity index (χ3n) is 5.12. The molecule has 0 fully saturated rings. The molecule has 4 rings (SSSR count). The maximum absolute atomic E-state index is 12.3. The van der Waals surface area contributed by atoms with Crippen molar-refractivity contribution in [1.29, 1.82) is 0 Å². The molecule has 0 atom stereocenters. The van der Waals surface area contributed by atoms with Crippen molar-refractivity contribution in [2.75, 3.05) is 12.3 Å². The van der Waals surface area contributed by atoms with Crippen LogP contribution in [0, 0.1) is 6.92 Å². The number of rotatable bonds is 8. The van der Waals surface area contributed by atoms with Gasteiger partial charge in [0.1, 0.15) is 0 Å². The van der Waals surface area contributed by atoms with E-state index >= 15 is 0 Å². The second-order valence-electron chi connectivity index (χ2n) is 7.50. The first-order valence-corrected chi connectivity index (χ1v) is 11.2. The first-order chi connectivity index (χ1) is 14.7. The summed E-state index contributed by atoms with van der Waals surface area (Å²) in [5.41, 5.74) is 4.99. The number of hydrogen-bond donors (Lipinski definition) is 1. The Bertz CT molecular complexity index is 1130. The molecular weight excluding hydrogens is 388 g/mol. The van der Waals surface area contributed by atoms with Gasteiger partial charge in [-0.3, -0.25) is 4.79 Å². The summed E-state index contributed by atoms with van der Waals surface area (Å²) in [6.07, 6.45) is 3.03. The van der Waals surface area contributed by atoms with Crippen LogP contribution in [0.1, 0.15) is 16.7 Å². The summed E-state index contributed by atoms with van der Waals surface area (Å²) in [6, 6.07) is 27.3. The lowest BCUT2D eigenvalue weighted by Gasteiger charge is -2.06. The van der Waals surface area contributed by atoms with Crippen LogP contribution in [-0.2, 0) is 17.8 Å². The quantitative estimate of drug-likeness (QED) is 0.389. The molecule has 0 aliphatic carbocycles. The Labute approximate surface area is 182 Å². The highest BCUT2D eigenvalue weighted by Gasteiger charge is 2.11. The Morgan fingerprint density at radius 3 is 2.53 bits per heavy atom. The smallest absolute Gasteiger partial charge is 0.230 e. The van der Waals surface area contributed by atoms with Crippen LogP contribution in [0.25, 0.3) is 10.9 Å². The number of hydrogen-bond acceptors (Lipinski definition) is 2. The van der Waals surface area contributed by atoms with Crippen molar-refractivity contribution in [2.24, 2.45) is 0 Å².